The molecule has 1 saturated heterocycles. The smallest absolute Gasteiger partial charge is 0.373 e. The van der Waals surface area contributed by atoms with Crippen LogP contribution in [0.4, 0.5) is 0 Å². The van der Waals surface area contributed by atoms with E-state index in [9.17, 15) is 13.2 Å². The van der Waals surface area contributed by atoms with Crippen LogP contribution in [0.3, 0.4) is 0 Å². The normalized spacial score (nSPS) is 18.8. The number of nitrogens with two attached hydrogens (primary N) is 1. The molecule has 0 aromatic carbocycles. The van der Waals surface area contributed by atoms with Crippen LogP contribution < -0.4 is 5.73 Å². The monoisotopic (exact) mass is 344 g/mol. The topological polar surface area (TPSA) is 103 Å². The highest BCUT2D eigenvalue weighted by molar-refractivity contribution is 7.89. The van der Waals surface area contributed by atoms with Gasteiger partial charge < -0.3 is 14.9 Å². The summed E-state index contributed by atoms with van der Waals surface area (Å²) >= 11 is 0. The van der Waals surface area contributed by atoms with Gasteiger partial charge >= 0.3 is 5.97 Å². The van der Waals surface area contributed by atoms with Crippen molar-refractivity contribution in [1.29, 1.82) is 0 Å². The molecular weight excluding hydrogens is 320 g/mol. The van der Waals surface area contributed by atoms with Crippen LogP contribution in [-0.2, 0) is 21.2 Å². The third-order valence-electron chi connectivity index (χ3n) is 4.34. The Kier molecular flexibility index (Phi) is 5.49. The number of hydrogen-bond acceptors (Lipinski definition) is 6. The summed E-state index contributed by atoms with van der Waals surface area (Å²) in [7, 11) is -2.46. The van der Waals surface area contributed by atoms with E-state index in [-0.39, 0.29) is 22.5 Å². The summed E-state index contributed by atoms with van der Waals surface area (Å²) in [4.78, 5) is 11.6. The molecule has 1 aliphatic heterocycles. The molecule has 2 rings (SSSR count). The summed E-state index contributed by atoms with van der Waals surface area (Å²) in [5, 5.41) is 0. The van der Waals surface area contributed by atoms with E-state index in [0.29, 0.717) is 25.4 Å². The van der Waals surface area contributed by atoms with Gasteiger partial charge in [0.05, 0.1) is 7.11 Å². The maximum atomic E-state index is 12.9. The number of esters is 1. The summed E-state index contributed by atoms with van der Waals surface area (Å²) in [6.45, 7) is 4.58. The van der Waals surface area contributed by atoms with Gasteiger partial charge in [0.15, 0.2) is 0 Å². The Bertz CT molecular complexity index is 657. The van der Waals surface area contributed by atoms with Crippen molar-refractivity contribution in [2.45, 2.75) is 44.0 Å². The molecule has 8 heteroatoms. The molecule has 1 unspecified atom stereocenters. The van der Waals surface area contributed by atoms with Crippen molar-refractivity contribution < 1.29 is 22.4 Å². The predicted octanol–water partition coefficient (Wildman–Crippen LogP) is 1.38. The fourth-order valence-electron chi connectivity index (χ4n) is 2.86. The van der Waals surface area contributed by atoms with Gasteiger partial charge in [-0.15, -0.1) is 0 Å². The second-order valence-electron chi connectivity index (χ2n) is 5.84. The van der Waals surface area contributed by atoms with Crippen molar-refractivity contribution in [1.82, 2.24) is 4.31 Å². The largest absolute Gasteiger partial charge is 0.463 e. The van der Waals surface area contributed by atoms with Crippen molar-refractivity contribution in [3.63, 3.8) is 0 Å². The summed E-state index contributed by atoms with van der Waals surface area (Å²) < 4.78 is 37.1. The number of carbonyl (C=O) groups excluding carboxylic acids is 1. The molecule has 0 amide bonds. The molecule has 2 heterocycles. The van der Waals surface area contributed by atoms with Gasteiger partial charge in [0.25, 0.3) is 0 Å². The van der Waals surface area contributed by atoms with E-state index in [1.807, 2.05) is 6.92 Å². The molecule has 0 bridgehead atoms. The molecule has 1 aromatic rings. The summed E-state index contributed by atoms with van der Waals surface area (Å²) in [6.07, 6.45) is 1.85. The number of hydrogen-bond donors (Lipinski definition) is 1. The van der Waals surface area contributed by atoms with Crippen LogP contribution in [0.15, 0.2) is 15.4 Å². The highest BCUT2D eigenvalue weighted by Crippen LogP contribution is 2.29. The van der Waals surface area contributed by atoms with Crippen molar-refractivity contribution in [2.24, 2.45) is 11.7 Å². The first kappa shape index (κ1) is 18.0. The minimum absolute atomic E-state index is 0.0552. The highest BCUT2D eigenvalue weighted by Gasteiger charge is 2.34. The van der Waals surface area contributed by atoms with Gasteiger partial charge in [-0.05, 0) is 25.7 Å². The average Bonchev–Trinajstić information content (AvgIpc) is 2.99. The van der Waals surface area contributed by atoms with Gasteiger partial charge in [-0.2, -0.15) is 4.31 Å². The molecule has 2 N–H and O–H groups in total. The van der Waals surface area contributed by atoms with Crippen LogP contribution >= 0.6 is 0 Å². The number of carbonyl (C=O) groups is 1. The molecule has 1 aromatic heterocycles. The van der Waals surface area contributed by atoms with Crippen LogP contribution in [0.1, 0.15) is 43.0 Å². The first-order valence-corrected chi connectivity index (χ1v) is 9.22. The Morgan fingerprint density at radius 3 is 2.57 bits per heavy atom. The van der Waals surface area contributed by atoms with Crippen LogP contribution in [-0.4, -0.2) is 44.9 Å². The van der Waals surface area contributed by atoms with Gasteiger partial charge in [-0.3, -0.25) is 0 Å². The Morgan fingerprint density at radius 2 is 2.09 bits per heavy atom. The zero-order chi connectivity index (χ0) is 17.2. The van der Waals surface area contributed by atoms with Gasteiger partial charge in [0.2, 0.25) is 15.8 Å². The van der Waals surface area contributed by atoms with Crippen LogP contribution in [0.25, 0.3) is 0 Å². The molecule has 1 aliphatic rings. The molecular formula is C15H24N2O5S. The fraction of sp³-hybridized carbons (Fsp3) is 0.667. The van der Waals surface area contributed by atoms with E-state index in [0.717, 1.165) is 12.8 Å². The standard InChI is InChI=1S/C15H24N2O5S/c1-4-12-14(9-13(22-12)15(18)21-3)23(19,20)17-7-5-11(6-8-17)10(2)16/h9-11H,4-8,16H2,1-3H3. The number of piperidine rings is 1. The zero-order valence-corrected chi connectivity index (χ0v) is 14.6. The van der Waals surface area contributed by atoms with E-state index < -0.39 is 16.0 Å². The number of methoxy groups -OCH3 is 1. The fourth-order valence-corrected chi connectivity index (χ4v) is 4.56. The van der Waals surface area contributed by atoms with Gasteiger partial charge in [-0.25, -0.2) is 13.2 Å². The lowest BCUT2D eigenvalue weighted by Gasteiger charge is -2.32. The molecule has 0 spiro atoms. The Balaban J connectivity index is 2.26. The second kappa shape index (κ2) is 7.02. The van der Waals surface area contributed by atoms with E-state index in [2.05, 4.69) is 4.74 Å². The SMILES string of the molecule is CCc1oc(C(=O)OC)cc1S(=O)(=O)N1CCC(C(C)N)CC1. The number of aryl methyl sites for hydroxylation is 1. The lowest BCUT2D eigenvalue weighted by atomic mass is 9.92. The van der Waals surface area contributed by atoms with E-state index >= 15 is 0 Å². The van der Waals surface area contributed by atoms with Crippen molar-refractivity contribution in [3.8, 4) is 0 Å². The summed E-state index contributed by atoms with van der Waals surface area (Å²) in [6, 6.07) is 1.32. The minimum Gasteiger partial charge on any atom is -0.463 e. The molecule has 0 radical (unpaired) electrons. The first-order valence-electron chi connectivity index (χ1n) is 7.78. The molecule has 0 saturated carbocycles. The molecule has 1 atom stereocenters. The van der Waals surface area contributed by atoms with Crippen LogP contribution in [0.5, 0.6) is 0 Å². The molecule has 0 aliphatic carbocycles. The lowest BCUT2D eigenvalue weighted by molar-refractivity contribution is 0.0563. The lowest BCUT2D eigenvalue weighted by Crippen LogP contribution is -2.42. The number of furan rings is 1. The summed E-state index contributed by atoms with van der Waals surface area (Å²) in [5.74, 6) is -0.160. The first-order chi connectivity index (χ1) is 10.8. The Morgan fingerprint density at radius 1 is 1.48 bits per heavy atom. The maximum absolute atomic E-state index is 12.9. The Labute approximate surface area is 136 Å². The minimum atomic E-state index is -3.68. The second-order valence-corrected chi connectivity index (χ2v) is 7.75. The van der Waals surface area contributed by atoms with Crippen molar-refractivity contribution in [3.05, 3.63) is 17.6 Å². The van der Waals surface area contributed by atoms with Crippen LogP contribution in [0.2, 0.25) is 0 Å². The van der Waals surface area contributed by atoms with Gasteiger partial charge in [0.1, 0.15) is 10.7 Å². The van der Waals surface area contributed by atoms with E-state index in [1.165, 1.54) is 17.5 Å². The van der Waals surface area contributed by atoms with Gasteiger partial charge in [0, 0.05) is 31.6 Å². The van der Waals surface area contributed by atoms with Crippen LogP contribution in [0, 0.1) is 5.92 Å². The molecule has 130 valence electrons. The van der Waals surface area contributed by atoms with E-state index in [4.69, 9.17) is 10.2 Å². The van der Waals surface area contributed by atoms with Crippen molar-refractivity contribution >= 4 is 16.0 Å². The maximum Gasteiger partial charge on any atom is 0.373 e. The quantitative estimate of drug-likeness (QED) is 0.809. The van der Waals surface area contributed by atoms with Crippen molar-refractivity contribution in [2.75, 3.05) is 20.2 Å². The number of rotatable bonds is 5. The number of sulfonamides is 1. The number of nitrogens with zero attached hydrogens (tertiary/aromatic N) is 1. The third kappa shape index (κ3) is 3.59. The zero-order valence-electron chi connectivity index (χ0n) is 13.7. The third-order valence-corrected chi connectivity index (χ3v) is 6.28. The van der Waals surface area contributed by atoms with E-state index in [1.54, 1.807) is 6.92 Å². The predicted molar refractivity (Wildman–Crippen MR) is 84.6 cm³/mol. The Hall–Kier alpha value is -1.38. The molecule has 23 heavy (non-hydrogen) atoms. The average molecular weight is 344 g/mol. The molecule has 1 fully saturated rings. The number of ether oxygens (including phenoxy) is 1. The highest BCUT2D eigenvalue weighted by atomic mass is 32.2. The summed E-state index contributed by atoms with van der Waals surface area (Å²) in [5.41, 5.74) is 5.90. The van der Waals surface area contributed by atoms with Gasteiger partial charge in [-0.1, -0.05) is 6.92 Å². The molecule has 7 nitrogen and oxygen atoms in total.